The van der Waals surface area contributed by atoms with E-state index in [0.717, 1.165) is 30.9 Å². The number of aliphatic imine (C=N–C) groups is 1. The first-order valence-corrected chi connectivity index (χ1v) is 11.2. The van der Waals surface area contributed by atoms with Crippen molar-refractivity contribution in [3.8, 4) is 5.75 Å². The smallest absolute Gasteiger partial charge is 0.193 e. The molecule has 2 aliphatic rings. The van der Waals surface area contributed by atoms with Crippen LogP contribution in [0.1, 0.15) is 25.7 Å². The van der Waals surface area contributed by atoms with Gasteiger partial charge >= 0.3 is 0 Å². The third-order valence-corrected chi connectivity index (χ3v) is 6.52. The number of nitrogens with one attached hydrogen (secondary N) is 1. The Morgan fingerprint density at radius 3 is 2.30 bits per heavy atom. The van der Waals surface area contributed by atoms with Crippen molar-refractivity contribution in [1.82, 2.24) is 10.2 Å². The molecule has 1 saturated carbocycles. The zero-order chi connectivity index (χ0) is 18.6. The lowest BCUT2D eigenvalue weighted by molar-refractivity contribution is 0.299. The van der Waals surface area contributed by atoms with Gasteiger partial charge in [0.05, 0.1) is 11.4 Å². The van der Waals surface area contributed by atoms with Gasteiger partial charge in [-0.15, -0.1) is 24.0 Å². The van der Waals surface area contributed by atoms with Crippen molar-refractivity contribution in [1.29, 1.82) is 0 Å². The van der Waals surface area contributed by atoms with Gasteiger partial charge in [-0.1, -0.05) is 12.8 Å². The van der Waals surface area contributed by atoms with Crippen LogP contribution in [0.4, 0.5) is 0 Å². The van der Waals surface area contributed by atoms with Crippen LogP contribution in [-0.2, 0) is 9.84 Å². The van der Waals surface area contributed by atoms with Gasteiger partial charge < -0.3 is 15.0 Å². The van der Waals surface area contributed by atoms with E-state index >= 15 is 0 Å². The molecule has 3 rings (SSSR count). The molecule has 0 bridgehead atoms. The molecule has 2 atom stereocenters. The number of ether oxygens (including phenoxy) is 1. The summed E-state index contributed by atoms with van der Waals surface area (Å²) in [5, 5.41) is 3.38. The number of sulfone groups is 1. The van der Waals surface area contributed by atoms with Crippen molar-refractivity contribution < 1.29 is 13.2 Å². The Morgan fingerprint density at radius 1 is 1.19 bits per heavy atom. The highest BCUT2D eigenvalue weighted by Gasteiger charge is 2.35. The molecule has 1 aromatic rings. The Hall–Kier alpha value is -1.03. The minimum Gasteiger partial charge on any atom is -0.492 e. The summed E-state index contributed by atoms with van der Waals surface area (Å²) in [5.74, 6) is 3.27. The van der Waals surface area contributed by atoms with E-state index in [1.165, 1.54) is 31.9 Å². The maximum absolute atomic E-state index is 11.5. The molecule has 0 spiro atoms. The predicted octanol–water partition coefficient (Wildman–Crippen LogP) is 2.78. The fraction of sp³-hybridized carbons (Fsp3) is 0.632. The Labute approximate surface area is 179 Å². The van der Waals surface area contributed by atoms with Gasteiger partial charge in [0.2, 0.25) is 0 Å². The van der Waals surface area contributed by atoms with E-state index in [-0.39, 0.29) is 24.0 Å². The normalized spacial score (nSPS) is 22.7. The molecule has 1 heterocycles. The van der Waals surface area contributed by atoms with Gasteiger partial charge in [0.15, 0.2) is 15.8 Å². The summed E-state index contributed by atoms with van der Waals surface area (Å²) in [6, 6.07) is 6.53. The van der Waals surface area contributed by atoms with Gasteiger partial charge in [0.25, 0.3) is 0 Å². The first kappa shape index (κ1) is 22.3. The Morgan fingerprint density at radius 2 is 1.78 bits per heavy atom. The van der Waals surface area contributed by atoms with Gasteiger partial charge in [-0.25, -0.2) is 8.42 Å². The first-order chi connectivity index (χ1) is 12.5. The van der Waals surface area contributed by atoms with Crippen LogP contribution in [0.25, 0.3) is 0 Å². The zero-order valence-corrected chi connectivity index (χ0v) is 19.2. The number of hydrogen-bond donors (Lipinski definition) is 1. The van der Waals surface area contributed by atoms with Gasteiger partial charge in [-0.05, 0) is 48.9 Å². The van der Waals surface area contributed by atoms with Gasteiger partial charge in [-0.3, -0.25) is 4.99 Å². The highest BCUT2D eigenvalue weighted by atomic mass is 127. The second-order valence-corrected chi connectivity index (χ2v) is 9.29. The third-order valence-electron chi connectivity index (χ3n) is 5.39. The molecule has 0 amide bonds. The van der Waals surface area contributed by atoms with Crippen molar-refractivity contribution in [3.63, 3.8) is 0 Å². The first-order valence-electron chi connectivity index (χ1n) is 9.36. The maximum Gasteiger partial charge on any atom is 0.193 e. The molecular weight excluding hydrogens is 477 g/mol. The molecule has 1 aliphatic heterocycles. The van der Waals surface area contributed by atoms with E-state index in [4.69, 9.17) is 4.74 Å². The fourth-order valence-electron chi connectivity index (χ4n) is 4.03. The molecule has 1 N–H and O–H groups in total. The van der Waals surface area contributed by atoms with E-state index in [9.17, 15) is 8.42 Å². The molecule has 1 aromatic carbocycles. The zero-order valence-electron chi connectivity index (χ0n) is 16.1. The lowest BCUT2D eigenvalue weighted by atomic mass is 9.82. The van der Waals surface area contributed by atoms with Crippen molar-refractivity contribution >= 4 is 39.8 Å². The number of nitrogens with zero attached hydrogens (tertiary/aromatic N) is 2. The Kier molecular flexibility index (Phi) is 8.20. The molecule has 1 aliphatic carbocycles. The molecule has 0 aromatic heterocycles. The lowest BCUT2D eigenvalue weighted by Crippen LogP contribution is -2.41. The van der Waals surface area contributed by atoms with E-state index in [1.54, 1.807) is 24.3 Å². The number of fused-ring (bicyclic) bond motifs is 1. The molecule has 0 radical (unpaired) electrons. The quantitative estimate of drug-likeness (QED) is 0.287. The second kappa shape index (κ2) is 9.95. The minimum absolute atomic E-state index is 0. The number of likely N-dealkylation sites (tertiary alicyclic amines) is 1. The number of halogens is 1. The van der Waals surface area contributed by atoms with E-state index in [1.807, 2.05) is 7.05 Å². The molecule has 8 heteroatoms. The van der Waals surface area contributed by atoms with Crippen molar-refractivity contribution in [2.24, 2.45) is 16.8 Å². The fourth-order valence-corrected chi connectivity index (χ4v) is 4.66. The van der Waals surface area contributed by atoms with E-state index < -0.39 is 9.84 Å². The van der Waals surface area contributed by atoms with Crippen LogP contribution in [0.3, 0.4) is 0 Å². The van der Waals surface area contributed by atoms with Crippen LogP contribution in [0.15, 0.2) is 34.2 Å². The summed E-state index contributed by atoms with van der Waals surface area (Å²) >= 11 is 0. The van der Waals surface area contributed by atoms with Crippen molar-refractivity contribution in [2.45, 2.75) is 30.6 Å². The van der Waals surface area contributed by atoms with Crippen LogP contribution < -0.4 is 10.1 Å². The maximum atomic E-state index is 11.5. The highest BCUT2D eigenvalue weighted by molar-refractivity contribution is 14.0. The second-order valence-electron chi connectivity index (χ2n) is 7.28. The van der Waals surface area contributed by atoms with Crippen molar-refractivity contribution in [3.05, 3.63) is 24.3 Å². The summed E-state index contributed by atoms with van der Waals surface area (Å²) < 4.78 is 28.6. The molecular formula is C19H30IN3O3S. The minimum atomic E-state index is -3.17. The number of guanidine groups is 1. The number of hydrogen-bond acceptors (Lipinski definition) is 4. The number of rotatable bonds is 5. The largest absolute Gasteiger partial charge is 0.492 e. The molecule has 27 heavy (non-hydrogen) atoms. The monoisotopic (exact) mass is 507 g/mol. The predicted molar refractivity (Wildman–Crippen MR) is 119 cm³/mol. The van der Waals surface area contributed by atoms with Crippen LogP contribution in [-0.4, -0.2) is 58.8 Å². The SMILES string of the molecule is CN=C(NCCOc1ccc(S(C)(=O)=O)cc1)N1CC2CCCCC2C1.I. The average Bonchev–Trinajstić information content (AvgIpc) is 3.05. The molecule has 6 nitrogen and oxygen atoms in total. The van der Waals surface area contributed by atoms with Gasteiger partial charge in [-0.2, -0.15) is 0 Å². The summed E-state index contributed by atoms with van der Waals surface area (Å²) in [6.07, 6.45) is 6.64. The van der Waals surface area contributed by atoms with Gasteiger partial charge in [0.1, 0.15) is 12.4 Å². The van der Waals surface area contributed by atoms with E-state index in [2.05, 4.69) is 15.2 Å². The van der Waals surface area contributed by atoms with Crippen LogP contribution >= 0.6 is 24.0 Å². The molecule has 152 valence electrons. The standard InChI is InChI=1S/C19H29N3O3S.HI/c1-20-19(22-13-15-5-3-4-6-16(15)14-22)21-11-12-25-17-7-9-18(10-8-17)26(2,23)24;/h7-10,15-16H,3-6,11-14H2,1-2H3,(H,20,21);1H. The Bertz CT molecular complexity index is 723. The van der Waals surface area contributed by atoms with Gasteiger partial charge in [0, 0.05) is 26.4 Å². The van der Waals surface area contributed by atoms with Crippen LogP contribution in [0.2, 0.25) is 0 Å². The van der Waals surface area contributed by atoms with Crippen molar-refractivity contribution in [2.75, 3.05) is 39.5 Å². The third kappa shape index (κ3) is 5.97. The number of benzene rings is 1. The highest BCUT2D eigenvalue weighted by Crippen LogP contribution is 2.35. The summed E-state index contributed by atoms with van der Waals surface area (Å²) in [6.45, 7) is 3.38. The summed E-state index contributed by atoms with van der Waals surface area (Å²) in [5.41, 5.74) is 0. The molecule has 1 saturated heterocycles. The summed E-state index contributed by atoms with van der Waals surface area (Å²) in [4.78, 5) is 7.10. The molecule has 2 fully saturated rings. The van der Waals surface area contributed by atoms with Crippen LogP contribution in [0, 0.1) is 11.8 Å². The Balaban J connectivity index is 0.00000261. The lowest BCUT2D eigenvalue weighted by Gasteiger charge is -2.22. The summed E-state index contributed by atoms with van der Waals surface area (Å²) in [7, 11) is -1.34. The average molecular weight is 507 g/mol. The van der Waals surface area contributed by atoms with E-state index in [0.29, 0.717) is 23.8 Å². The molecule has 2 unspecified atom stereocenters. The topological polar surface area (TPSA) is 71.0 Å². The van der Waals surface area contributed by atoms with Crippen LogP contribution in [0.5, 0.6) is 5.75 Å².